The van der Waals surface area contributed by atoms with Gasteiger partial charge in [0, 0.05) is 16.8 Å². The maximum Gasteiger partial charge on any atom is 0.257 e. The highest BCUT2D eigenvalue weighted by molar-refractivity contribution is 7.80. The molecule has 0 aliphatic carbocycles. The fraction of sp³-hybridized carbons (Fsp3) is 0.167. The second-order valence-electron chi connectivity index (χ2n) is 6.72. The van der Waals surface area contributed by atoms with E-state index in [1.165, 1.54) is 5.56 Å². The Kier molecular flexibility index (Phi) is 6.98. The zero-order chi connectivity index (χ0) is 20.6. The van der Waals surface area contributed by atoms with Gasteiger partial charge in [0.25, 0.3) is 5.91 Å². The van der Waals surface area contributed by atoms with Gasteiger partial charge in [0.15, 0.2) is 5.11 Å². The summed E-state index contributed by atoms with van der Waals surface area (Å²) < 4.78 is 5.87. The Hall–Kier alpha value is -3.18. The second kappa shape index (κ2) is 9.85. The SMILES string of the molecule is CCc1ccc(OCc2ccccc2C(=O)NC(=S)Nc2cccc(C)c2)cc1. The standard InChI is InChI=1S/C24H24N2O2S/c1-3-18-11-13-21(14-12-18)28-16-19-8-4-5-10-22(19)23(27)26-24(29)25-20-9-6-7-17(2)15-20/h4-15H,3,16H2,1-2H3,(H2,25,26,27,29). The highest BCUT2D eigenvalue weighted by Crippen LogP contribution is 2.17. The van der Waals surface area contributed by atoms with Crippen molar-refractivity contribution in [3.05, 3.63) is 95.1 Å². The normalized spacial score (nSPS) is 10.3. The first-order valence-electron chi connectivity index (χ1n) is 9.54. The van der Waals surface area contributed by atoms with Crippen LogP contribution in [0.2, 0.25) is 0 Å². The third-order valence-electron chi connectivity index (χ3n) is 4.49. The largest absolute Gasteiger partial charge is 0.489 e. The molecular formula is C24H24N2O2S. The molecule has 0 fully saturated rings. The Bertz CT molecular complexity index is 1000. The van der Waals surface area contributed by atoms with Gasteiger partial charge in [0.05, 0.1) is 0 Å². The molecule has 0 aliphatic rings. The number of hydrogen-bond donors (Lipinski definition) is 2. The Labute approximate surface area is 176 Å². The number of anilines is 1. The van der Waals surface area contributed by atoms with Crippen molar-refractivity contribution in [3.8, 4) is 5.75 Å². The molecule has 0 spiro atoms. The van der Waals surface area contributed by atoms with Gasteiger partial charge in [0.2, 0.25) is 0 Å². The summed E-state index contributed by atoms with van der Waals surface area (Å²) in [5, 5.41) is 6.04. The average Bonchev–Trinajstić information content (AvgIpc) is 2.72. The minimum atomic E-state index is -0.268. The first kappa shape index (κ1) is 20.6. The van der Waals surface area contributed by atoms with Gasteiger partial charge in [-0.3, -0.25) is 10.1 Å². The summed E-state index contributed by atoms with van der Waals surface area (Å²) in [6.07, 6.45) is 0.986. The molecule has 0 heterocycles. The number of benzene rings is 3. The van der Waals surface area contributed by atoms with Crippen molar-refractivity contribution in [1.29, 1.82) is 0 Å². The molecule has 3 aromatic rings. The molecule has 5 heteroatoms. The third kappa shape index (κ3) is 5.90. The number of carbonyl (C=O) groups excluding carboxylic acids is 1. The van der Waals surface area contributed by atoms with E-state index in [1.807, 2.05) is 73.7 Å². The van der Waals surface area contributed by atoms with Crippen molar-refractivity contribution in [2.45, 2.75) is 26.9 Å². The Morgan fingerprint density at radius 1 is 1.00 bits per heavy atom. The summed E-state index contributed by atoms with van der Waals surface area (Å²) in [5.74, 6) is 0.504. The van der Waals surface area contributed by atoms with Gasteiger partial charge in [-0.2, -0.15) is 0 Å². The van der Waals surface area contributed by atoms with E-state index in [2.05, 4.69) is 17.6 Å². The lowest BCUT2D eigenvalue weighted by Gasteiger charge is -2.13. The molecule has 0 aromatic heterocycles. The molecule has 3 rings (SSSR count). The van der Waals surface area contributed by atoms with Gasteiger partial charge in [0.1, 0.15) is 12.4 Å². The van der Waals surface area contributed by atoms with Crippen LogP contribution < -0.4 is 15.4 Å². The fourth-order valence-electron chi connectivity index (χ4n) is 2.91. The topological polar surface area (TPSA) is 50.4 Å². The van der Waals surface area contributed by atoms with E-state index in [0.29, 0.717) is 12.2 Å². The quantitative estimate of drug-likeness (QED) is 0.550. The average molecular weight is 405 g/mol. The zero-order valence-corrected chi connectivity index (χ0v) is 17.4. The van der Waals surface area contributed by atoms with Crippen molar-refractivity contribution < 1.29 is 9.53 Å². The highest BCUT2D eigenvalue weighted by atomic mass is 32.1. The number of aryl methyl sites for hydroxylation is 2. The van der Waals surface area contributed by atoms with E-state index >= 15 is 0 Å². The van der Waals surface area contributed by atoms with E-state index in [0.717, 1.165) is 29.0 Å². The Morgan fingerprint density at radius 3 is 2.48 bits per heavy atom. The molecule has 3 aromatic carbocycles. The molecule has 0 aliphatic heterocycles. The van der Waals surface area contributed by atoms with Crippen LogP contribution in [0.15, 0.2) is 72.8 Å². The van der Waals surface area contributed by atoms with Gasteiger partial charge in [-0.15, -0.1) is 0 Å². The van der Waals surface area contributed by atoms with Gasteiger partial charge in [-0.25, -0.2) is 0 Å². The molecule has 0 unspecified atom stereocenters. The summed E-state index contributed by atoms with van der Waals surface area (Å²) in [6, 6.07) is 23.1. The molecule has 0 saturated carbocycles. The minimum absolute atomic E-state index is 0.256. The van der Waals surface area contributed by atoms with Crippen molar-refractivity contribution >= 4 is 28.9 Å². The molecule has 2 N–H and O–H groups in total. The maximum absolute atomic E-state index is 12.7. The van der Waals surface area contributed by atoms with Crippen molar-refractivity contribution in [2.24, 2.45) is 0 Å². The first-order chi connectivity index (χ1) is 14.0. The Morgan fingerprint density at radius 2 is 1.76 bits per heavy atom. The molecule has 4 nitrogen and oxygen atoms in total. The molecule has 148 valence electrons. The lowest BCUT2D eigenvalue weighted by molar-refractivity contribution is 0.0975. The number of ether oxygens (including phenoxy) is 1. The summed E-state index contributed by atoms with van der Waals surface area (Å²) in [4.78, 5) is 12.7. The lowest BCUT2D eigenvalue weighted by Crippen LogP contribution is -2.34. The van der Waals surface area contributed by atoms with Gasteiger partial charge >= 0.3 is 0 Å². The second-order valence-corrected chi connectivity index (χ2v) is 7.13. The van der Waals surface area contributed by atoms with Gasteiger partial charge in [-0.1, -0.05) is 49.4 Å². The summed E-state index contributed by atoms with van der Waals surface area (Å²) in [6.45, 7) is 4.41. The number of carbonyl (C=O) groups is 1. The van der Waals surface area contributed by atoms with Gasteiger partial charge < -0.3 is 10.1 Å². The number of nitrogens with one attached hydrogen (secondary N) is 2. The van der Waals surface area contributed by atoms with E-state index < -0.39 is 0 Å². The highest BCUT2D eigenvalue weighted by Gasteiger charge is 2.13. The number of hydrogen-bond acceptors (Lipinski definition) is 3. The van der Waals surface area contributed by atoms with Crippen LogP contribution in [-0.2, 0) is 13.0 Å². The van der Waals surface area contributed by atoms with E-state index in [9.17, 15) is 4.79 Å². The minimum Gasteiger partial charge on any atom is -0.489 e. The predicted octanol–water partition coefficient (Wildman–Crippen LogP) is 5.26. The Balaban J connectivity index is 1.63. The van der Waals surface area contributed by atoms with Crippen LogP contribution in [0.4, 0.5) is 5.69 Å². The molecule has 29 heavy (non-hydrogen) atoms. The molecular weight excluding hydrogens is 380 g/mol. The molecule has 0 atom stereocenters. The summed E-state index contributed by atoms with van der Waals surface area (Å²) in [7, 11) is 0. The number of amides is 1. The number of rotatable bonds is 6. The number of thiocarbonyl (C=S) groups is 1. The van der Waals surface area contributed by atoms with Crippen LogP contribution >= 0.6 is 12.2 Å². The molecule has 1 amide bonds. The zero-order valence-electron chi connectivity index (χ0n) is 16.6. The van der Waals surface area contributed by atoms with Crippen LogP contribution in [-0.4, -0.2) is 11.0 Å². The molecule has 0 bridgehead atoms. The van der Waals surface area contributed by atoms with Crippen molar-refractivity contribution in [2.75, 3.05) is 5.32 Å². The fourth-order valence-corrected chi connectivity index (χ4v) is 3.12. The van der Waals surface area contributed by atoms with Crippen molar-refractivity contribution in [1.82, 2.24) is 5.32 Å². The van der Waals surface area contributed by atoms with E-state index in [1.54, 1.807) is 6.07 Å². The van der Waals surface area contributed by atoms with Crippen LogP contribution in [0, 0.1) is 6.92 Å². The van der Waals surface area contributed by atoms with Crippen LogP contribution in [0.3, 0.4) is 0 Å². The van der Waals surface area contributed by atoms with E-state index in [4.69, 9.17) is 17.0 Å². The van der Waals surface area contributed by atoms with E-state index in [-0.39, 0.29) is 11.0 Å². The monoisotopic (exact) mass is 404 g/mol. The lowest BCUT2D eigenvalue weighted by atomic mass is 10.1. The summed E-state index contributed by atoms with van der Waals surface area (Å²) >= 11 is 5.29. The first-order valence-corrected chi connectivity index (χ1v) is 9.94. The smallest absolute Gasteiger partial charge is 0.257 e. The predicted molar refractivity (Wildman–Crippen MR) is 121 cm³/mol. The van der Waals surface area contributed by atoms with Crippen LogP contribution in [0.5, 0.6) is 5.75 Å². The van der Waals surface area contributed by atoms with Crippen molar-refractivity contribution in [3.63, 3.8) is 0 Å². The van der Waals surface area contributed by atoms with Crippen LogP contribution in [0.1, 0.15) is 34.0 Å². The molecule has 0 radical (unpaired) electrons. The maximum atomic E-state index is 12.7. The van der Waals surface area contributed by atoms with Crippen LogP contribution in [0.25, 0.3) is 0 Å². The molecule has 0 saturated heterocycles. The summed E-state index contributed by atoms with van der Waals surface area (Å²) in [5.41, 5.74) is 4.53. The third-order valence-corrected chi connectivity index (χ3v) is 4.70. The van der Waals surface area contributed by atoms with Gasteiger partial charge in [-0.05, 0) is 67.0 Å².